The number of hydrogen-bond donors (Lipinski definition) is 2. The Labute approximate surface area is 163 Å². The molecule has 3 aromatic rings. The maximum Gasteiger partial charge on any atom is 0.165 e. The summed E-state index contributed by atoms with van der Waals surface area (Å²) in [6.45, 7) is 3.86. The fourth-order valence-corrected chi connectivity index (χ4v) is 4.13. The molecule has 1 aliphatic carbocycles. The van der Waals surface area contributed by atoms with Crippen LogP contribution in [0.5, 0.6) is 0 Å². The summed E-state index contributed by atoms with van der Waals surface area (Å²) in [5.74, 6) is -0.281. The number of aromatic nitrogens is 2. The molecular formula is C23H23FN2O2. The summed E-state index contributed by atoms with van der Waals surface area (Å²) in [5, 5.41) is 9.39. The number of benzene rings is 1. The van der Waals surface area contributed by atoms with Crippen molar-refractivity contribution >= 4 is 5.78 Å². The van der Waals surface area contributed by atoms with Crippen LogP contribution in [0.25, 0.3) is 11.3 Å². The van der Waals surface area contributed by atoms with Crippen LogP contribution in [0.4, 0.5) is 4.39 Å². The van der Waals surface area contributed by atoms with Crippen LogP contribution in [-0.2, 0) is 19.4 Å². The van der Waals surface area contributed by atoms with Gasteiger partial charge in [0.15, 0.2) is 5.78 Å². The van der Waals surface area contributed by atoms with Crippen LogP contribution in [0.2, 0.25) is 0 Å². The number of carbonyl (C=O) groups is 1. The first-order valence-electron chi connectivity index (χ1n) is 9.43. The summed E-state index contributed by atoms with van der Waals surface area (Å²) >= 11 is 0. The molecule has 0 fully saturated rings. The van der Waals surface area contributed by atoms with Gasteiger partial charge in [0.1, 0.15) is 5.82 Å². The average Bonchev–Trinajstić information content (AvgIpc) is 3.01. The quantitative estimate of drug-likeness (QED) is 0.705. The van der Waals surface area contributed by atoms with E-state index >= 15 is 0 Å². The molecule has 2 N–H and O–H groups in total. The van der Waals surface area contributed by atoms with Gasteiger partial charge in [-0.1, -0.05) is 26.0 Å². The molecule has 1 aromatic carbocycles. The van der Waals surface area contributed by atoms with Gasteiger partial charge in [0, 0.05) is 47.6 Å². The van der Waals surface area contributed by atoms with E-state index in [9.17, 15) is 14.3 Å². The molecule has 0 bridgehead atoms. The molecule has 28 heavy (non-hydrogen) atoms. The van der Waals surface area contributed by atoms with Crippen LogP contribution in [0.15, 0.2) is 42.7 Å². The molecule has 4 nitrogen and oxygen atoms in total. The highest BCUT2D eigenvalue weighted by molar-refractivity contribution is 6.02. The van der Waals surface area contributed by atoms with Crippen molar-refractivity contribution in [1.29, 1.82) is 0 Å². The Kier molecular flexibility index (Phi) is 4.63. The zero-order valence-electron chi connectivity index (χ0n) is 16.1. The maximum atomic E-state index is 13.8. The van der Waals surface area contributed by atoms with E-state index in [0.717, 1.165) is 40.1 Å². The summed E-state index contributed by atoms with van der Waals surface area (Å²) in [7, 11) is 0. The first-order valence-corrected chi connectivity index (χ1v) is 9.43. The summed E-state index contributed by atoms with van der Waals surface area (Å²) in [4.78, 5) is 20.6. The monoisotopic (exact) mass is 378 g/mol. The fraction of sp³-hybridized carbons (Fsp3) is 0.304. The van der Waals surface area contributed by atoms with Crippen molar-refractivity contribution in [3.05, 3.63) is 76.5 Å². The van der Waals surface area contributed by atoms with Crippen molar-refractivity contribution in [2.75, 3.05) is 0 Å². The molecular weight excluding hydrogens is 355 g/mol. The number of ketones is 1. The van der Waals surface area contributed by atoms with Gasteiger partial charge in [-0.2, -0.15) is 0 Å². The van der Waals surface area contributed by atoms with Gasteiger partial charge >= 0.3 is 0 Å². The number of halogens is 1. The topological polar surface area (TPSA) is 66.0 Å². The molecule has 4 rings (SSSR count). The van der Waals surface area contributed by atoms with Gasteiger partial charge in [0.05, 0.1) is 12.3 Å². The van der Waals surface area contributed by atoms with E-state index in [4.69, 9.17) is 0 Å². The van der Waals surface area contributed by atoms with Gasteiger partial charge < -0.3 is 10.1 Å². The number of H-pyrrole nitrogens is 1. The number of pyridine rings is 1. The van der Waals surface area contributed by atoms with Crippen molar-refractivity contribution < 1.29 is 14.3 Å². The Balaban J connectivity index is 1.85. The van der Waals surface area contributed by atoms with E-state index < -0.39 is 5.82 Å². The van der Waals surface area contributed by atoms with Crippen LogP contribution >= 0.6 is 0 Å². The third kappa shape index (κ3) is 3.38. The van der Waals surface area contributed by atoms with Crippen molar-refractivity contribution in [3.63, 3.8) is 0 Å². The number of hydrogen-bond acceptors (Lipinski definition) is 3. The number of carbonyl (C=O) groups excluding carboxylic acids is 1. The molecule has 0 amide bonds. The normalized spacial score (nSPS) is 15.5. The van der Waals surface area contributed by atoms with Crippen LogP contribution in [0.1, 0.15) is 53.0 Å². The van der Waals surface area contributed by atoms with E-state index in [1.807, 2.05) is 12.1 Å². The van der Waals surface area contributed by atoms with Crippen LogP contribution in [0.3, 0.4) is 0 Å². The number of nitrogens with one attached hydrogen (secondary N) is 1. The Morgan fingerprint density at radius 1 is 1.18 bits per heavy atom. The van der Waals surface area contributed by atoms with Crippen LogP contribution < -0.4 is 0 Å². The minimum atomic E-state index is -0.422. The summed E-state index contributed by atoms with van der Waals surface area (Å²) in [6, 6.07) is 8.58. The molecule has 0 saturated carbocycles. The zero-order chi connectivity index (χ0) is 19.9. The molecule has 2 heterocycles. The average molecular weight is 378 g/mol. The summed E-state index contributed by atoms with van der Waals surface area (Å²) in [6.07, 6.45) is 5.26. The first kappa shape index (κ1) is 18.6. The van der Waals surface area contributed by atoms with E-state index in [-0.39, 0.29) is 23.4 Å². The van der Waals surface area contributed by atoms with Crippen LogP contribution in [0, 0.1) is 11.2 Å². The van der Waals surface area contributed by atoms with Crippen molar-refractivity contribution in [1.82, 2.24) is 9.97 Å². The minimum Gasteiger partial charge on any atom is -0.392 e. The number of aromatic amines is 1. The van der Waals surface area contributed by atoms with Gasteiger partial charge in [-0.15, -0.1) is 0 Å². The smallest absolute Gasteiger partial charge is 0.165 e. The number of nitrogens with zero attached hydrogens (tertiary/aromatic N) is 1. The molecule has 0 unspecified atom stereocenters. The number of Topliss-reactive ketones (excluding diaryl/α,β-unsaturated/α-hetero) is 1. The Hall–Kier alpha value is -2.79. The molecule has 0 aliphatic heterocycles. The SMILES string of the molecule is CC1(C)CC(=O)c2c([nH]c(-c3ccncc3)c2Cc2ccc(F)c(CO)c2)C1. The molecule has 2 aromatic heterocycles. The molecule has 1 aliphatic rings. The van der Waals surface area contributed by atoms with Gasteiger partial charge in [0.25, 0.3) is 0 Å². The van der Waals surface area contributed by atoms with Gasteiger partial charge in [0.2, 0.25) is 0 Å². The standard InChI is InChI=1S/C23H23FN2O2/c1-23(2)11-19-21(20(28)12-23)17(22(26-19)15-5-7-25-8-6-15)10-14-3-4-18(24)16(9-14)13-27/h3-9,26-27H,10-13H2,1-2H3. The highest BCUT2D eigenvalue weighted by Crippen LogP contribution is 2.40. The van der Waals surface area contributed by atoms with Crippen LogP contribution in [-0.4, -0.2) is 20.9 Å². The second-order valence-electron chi connectivity index (χ2n) is 8.27. The van der Waals surface area contributed by atoms with E-state index in [1.165, 1.54) is 6.07 Å². The maximum absolute atomic E-state index is 13.8. The molecule has 5 heteroatoms. The Morgan fingerprint density at radius 3 is 2.64 bits per heavy atom. The lowest BCUT2D eigenvalue weighted by molar-refractivity contribution is 0.0911. The lowest BCUT2D eigenvalue weighted by atomic mass is 9.75. The van der Waals surface area contributed by atoms with E-state index in [0.29, 0.717) is 12.8 Å². The summed E-state index contributed by atoms with van der Waals surface area (Å²) in [5.41, 5.74) is 5.58. The second kappa shape index (κ2) is 6.99. The van der Waals surface area contributed by atoms with Crippen molar-refractivity contribution in [3.8, 4) is 11.3 Å². The second-order valence-corrected chi connectivity index (χ2v) is 8.27. The number of aliphatic hydroxyl groups excluding tert-OH is 1. The molecule has 0 radical (unpaired) electrons. The largest absolute Gasteiger partial charge is 0.392 e. The fourth-order valence-electron chi connectivity index (χ4n) is 4.13. The van der Waals surface area contributed by atoms with Crippen molar-refractivity contribution in [2.24, 2.45) is 5.41 Å². The van der Waals surface area contributed by atoms with E-state index in [1.54, 1.807) is 24.5 Å². The molecule has 0 spiro atoms. The number of rotatable bonds is 4. The lowest BCUT2D eigenvalue weighted by Gasteiger charge is -2.28. The molecule has 144 valence electrons. The third-order valence-electron chi connectivity index (χ3n) is 5.38. The highest BCUT2D eigenvalue weighted by atomic mass is 19.1. The lowest BCUT2D eigenvalue weighted by Crippen LogP contribution is -2.27. The predicted molar refractivity (Wildman–Crippen MR) is 106 cm³/mol. The van der Waals surface area contributed by atoms with Crippen molar-refractivity contribution in [2.45, 2.75) is 39.7 Å². The zero-order valence-corrected chi connectivity index (χ0v) is 16.1. The van der Waals surface area contributed by atoms with Gasteiger partial charge in [-0.05, 0) is 41.2 Å². The Bertz CT molecular complexity index is 1040. The molecule has 0 saturated heterocycles. The first-order chi connectivity index (χ1) is 13.4. The number of fused-ring (bicyclic) bond motifs is 1. The van der Waals surface area contributed by atoms with E-state index in [2.05, 4.69) is 23.8 Å². The highest BCUT2D eigenvalue weighted by Gasteiger charge is 2.35. The number of aliphatic hydroxyl groups is 1. The van der Waals surface area contributed by atoms with Gasteiger partial charge in [-0.25, -0.2) is 4.39 Å². The minimum absolute atomic E-state index is 0.0817. The summed E-state index contributed by atoms with van der Waals surface area (Å²) < 4.78 is 13.8. The van der Waals surface area contributed by atoms with Gasteiger partial charge in [-0.3, -0.25) is 9.78 Å². The third-order valence-corrected chi connectivity index (χ3v) is 5.38. The molecule has 0 atom stereocenters. The predicted octanol–water partition coefficient (Wildman–Crippen LogP) is 4.45. The Morgan fingerprint density at radius 2 is 1.93 bits per heavy atom.